The maximum Gasteiger partial charge on any atom is 0.250 e. The highest BCUT2D eigenvalue weighted by Crippen LogP contribution is 2.21. The number of hydrogen-bond acceptors (Lipinski definition) is 7. The van der Waals surface area contributed by atoms with Gasteiger partial charge in [-0.15, -0.1) is 0 Å². The Morgan fingerprint density at radius 3 is 2.37 bits per heavy atom. The molecule has 0 amide bonds. The number of anilines is 4. The molecule has 0 radical (unpaired) electrons. The molecule has 0 bridgehead atoms. The van der Waals surface area contributed by atoms with Crippen molar-refractivity contribution in [2.45, 2.75) is 19.3 Å². The van der Waals surface area contributed by atoms with Crippen LogP contribution < -0.4 is 15.6 Å². The van der Waals surface area contributed by atoms with E-state index in [2.05, 4.69) is 35.7 Å². The van der Waals surface area contributed by atoms with Gasteiger partial charge >= 0.3 is 0 Å². The normalized spacial score (nSPS) is 14.1. The number of benzene rings is 2. The molecule has 9 heteroatoms. The van der Waals surface area contributed by atoms with Crippen LogP contribution >= 0.6 is 0 Å². The lowest BCUT2D eigenvalue weighted by Crippen LogP contribution is -2.31. The Kier molecular flexibility index (Phi) is 6.07. The molecular formula is C21H21F2N7. The van der Waals surface area contributed by atoms with Crippen LogP contribution in [0.25, 0.3) is 0 Å². The van der Waals surface area contributed by atoms with Gasteiger partial charge in [-0.3, -0.25) is 0 Å². The van der Waals surface area contributed by atoms with Crippen LogP contribution in [-0.4, -0.2) is 34.3 Å². The molecule has 154 valence electrons. The average Bonchev–Trinajstić information content (AvgIpc) is 2.77. The average molecular weight is 409 g/mol. The van der Waals surface area contributed by atoms with E-state index in [1.54, 1.807) is 30.3 Å². The summed E-state index contributed by atoms with van der Waals surface area (Å²) in [6.45, 7) is 1.72. The van der Waals surface area contributed by atoms with E-state index in [0.29, 0.717) is 23.1 Å². The molecule has 1 aliphatic rings. The van der Waals surface area contributed by atoms with E-state index in [9.17, 15) is 8.78 Å². The maximum atomic E-state index is 13.8. The predicted octanol–water partition coefficient (Wildman–Crippen LogP) is 4.33. The topological polar surface area (TPSA) is 78.3 Å². The van der Waals surface area contributed by atoms with Crippen molar-refractivity contribution in [3.05, 3.63) is 65.7 Å². The number of halogens is 2. The Bertz CT molecular complexity index is 1020. The lowest BCUT2D eigenvalue weighted by atomic mass is 10.1. The minimum absolute atomic E-state index is 0.225. The van der Waals surface area contributed by atoms with Gasteiger partial charge in [0.25, 0.3) is 0 Å². The molecule has 0 aliphatic carbocycles. The van der Waals surface area contributed by atoms with Crippen LogP contribution in [0.15, 0.2) is 53.6 Å². The number of rotatable bonds is 6. The molecule has 1 aromatic heterocycles. The number of nitrogens with zero attached hydrogens (tertiary/aromatic N) is 5. The molecule has 4 rings (SSSR count). The molecule has 7 nitrogen and oxygen atoms in total. The summed E-state index contributed by atoms with van der Waals surface area (Å²) in [5, 5.41) is 7.12. The van der Waals surface area contributed by atoms with Crippen LogP contribution in [0.4, 0.5) is 32.3 Å². The van der Waals surface area contributed by atoms with Crippen molar-refractivity contribution in [3.63, 3.8) is 0 Å². The molecule has 2 N–H and O–H groups in total. The molecule has 1 fully saturated rings. The fourth-order valence-corrected chi connectivity index (χ4v) is 3.11. The van der Waals surface area contributed by atoms with E-state index in [-0.39, 0.29) is 17.6 Å². The zero-order valence-electron chi connectivity index (χ0n) is 16.2. The minimum atomic E-state index is -0.369. The van der Waals surface area contributed by atoms with Crippen molar-refractivity contribution in [2.75, 3.05) is 28.7 Å². The quantitative estimate of drug-likeness (QED) is 0.466. The predicted molar refractivity (Wildman–Crippen MR) is 113 cm³/mol. The van der Waals surface area contributed by atoms with Crippen molar-refractivity contribution >= 4 is 29.7 Å². The van der Waals surface area contributed by atoms with Gasteiger partial charge in [-0.2, -0.15) is 20.1 Å². The SMILES string of the molecule is Fc1ccc(Nc2nc(N/N=C/c3ccccc3F)nc(N3CCCCC3)n2)cc1. The molecule has 30 heavy (non-hydrogen) atoms. The van der Waals surface area contributed by atoms with E-state index in [0.717, 1.165) is 25.9 Å². The zero-order valence-corrected chi connectivity index (χ0v) is 16.2. The number of hydrogen-bond donors (Lipinski definition) is 2. The molecule has 0 unspecified atom stereocenters. The van der Waals surface area contributed by atoms with Crippen molar-refractivity contribution in [1.82, 2.24) is 15.0 Å². The lowest BCUT2D eigenvalue weighted by molar-refractivity contribution is 0.568. The van der Waals surface area contributed by atoms with E-state index in [1.165, 1.54) is 30.8 Å². The largest absolute Gasteiger partial charge is 0.341 e. The number of nitrogens with one attached hydrogen (secondary N) is 2. The molecule has 1 aliphatic heterocycles. The van der Waals surface area contributed by atoms with Gasteiger partial charge in [-0.1, -0.05) is 18.2 Å². The third-order valence-corrected chi connectivity index (χ3v) is 4.64. The van der Waals surface area contributed by atoms with Gasteiger partial charge in [0.05, 0.1) is 6.21 Å². The Morgan fingerprint density at radius 2 is 1.60 bits per heavy atom. The summed E-state index contributed by atoms with van der Waals surface area (Å²) in [6.07, 6.45) is 4.69. The van der Waals surface area contributed by atoms with E-state index in [1.807, 2.05) is 0 Å². The summed E-state index contributed by atoms with van der Waals surface area (Å²) in [5.41, 5.74) is 3.74. The first-order valence-electron chi connectivity index (χ1n) is 9.74. The molecule has 3 aromatic rings. The zero-order chi connectivity index (χ0) is 20.8. The smallest absolute Gasteiger partial charge is 0.250 e. The first-order valence-corrected chi connectivity index (χ1v) is 9.74. The number of piperidine rings is 1. The van der Waals surface area contributed by atoms with Crippen LogP contribution in [0.3, 0.4) is 0 Å². The second-order valence-electron chi connectivity index (χ2n) is 6.85. The van der Waals surface area contributed by atoms with Crippen LogP contribution in [-0.2, 0) is 0 Å². The Labute approximate surface area is 172 Å². The van der Waals surface area contributed by atoms with Crippen molar-refractivity contribution in [1.29, 1.82) is 0 Å². The van der Waals surface area contributed by atoms with Crippen LogP contribution in [0.1, 0.15) is 24.8 Å². The third-order valence-electron chi connectivity index (χ3n) is 4.64. The summed E-state index contributed by atoms with van der Waals surface area (Å²) in [5.74, 6) is 0.364. The fraction of sp³-hybridized carbons (Fsp3) is 0.238. The molecular weight excluding hydrogens is 388 g/mol. The second kappa shape index (κ2) is 9.25. The fourth-order valence-electron chi connectivity index (χ4n) is 3.11. The molecule has 0 spiro atoms. The summed E-state index contributed by atoms with van der Waals surface area (Å²) in [4.78, 5) is 15.4. The van der Waals surface area contributed by atoms with Crippen molar-refractivity contribution in [2.24, 2.45) is 5.10 Å². The highest BCUT2D eigenvalue weighted by Gasteiger charge is 2.16. The second-order valence-corrected chi connectivity index (χ2v) is 6.85. The highest BCUT2D eigenvalue weighted by molar-refractivity contribution is 5.80. The maximum absolute atomic E-state index is 13.8. The van der Waals surface area contributed by atoms with Gasteiger partial charge in [-0.05, 0) is 49.6 Å². The van der Waals surface area contributed by atoms with Gasteiger partial charge in [-0.25, -0.2) is 14.2 Å². The van der Waals surface area contributed by atoms with Gasteiger partial charge in [0, 0.05) is 24.3 Å². The summed E-state index contributed by atoms with van der Waals surface area (Å²) in [7, 11) is 0. The molecule has 0 saturated carbocycles. The van der Waals surface area contributed by atoms with Crippen molar-refractivity contribution < 1.29 is 8.78 Å². The van der Waals surface area contributed by atoms with Gasteiger partial charge in [0.2, 0.25) is 17.8 Å². The molecule has 1 saturated heterocycles. The monoisotopic (exact) mass is 409 g/mol. The van der Waals surface area contributed by atoms with Crippen LogP contribution in [0, 0.1) is 11.6 Å². The Balaban J connectivity index is 1.57. The van der Waals surface area contributed by atoms with Gasteiger partial charge in [0.1, 0.15) is 11.6 Å². The van der Waals surface area contributed by atoms with E-state index in [4.69, 9.17) is 0 Å². The van der Waals surface area contributed by atoms with E-state index < -0.39 is 0 Å². The first kappa shape index (κ1) is 19.7. The van der Waals surface area contributed by atoms with Crippen LogP contribution in [0.5, 0.6) is 0 Å². The molecule has 2 aromatic carbocycles. The highest BCUT2D eigenvalue weighted by atomic mass is 19.1. The van der Waals surface area contributed by atoms with Gasteiger partial charge < -0.3 is 10.2 Å². The van der Waals surface area contributed by atoms with E-state index >= 15 is 0 Å². The van der Waals surface area contributed by atoms with Crippen molar-refractivity contribution in [3.8, 4) is 0 Å². The summed E-state index contributed by atoms with van der Waals surface area (Å²) >= 11 is 0. The summed E-state index contributed by atoms with van der Waals surface area (Å²) < 4.78 is 26.9. The molecule has 0 atom stereocenters. The first-order chi connectivity index (χ1) is 14.7. The van der Waals surface area contributed by atoms with Crippen LogP contribution in [0.2, 0.25) is 0 Å². The Morgan fingerprint density at radius 1 is 0.867 bits per heavy atom. The lowest BCUT2D eigenvalue weighted by Gasteiger charge is -2.26. The third kappa shape index (κ3) is 5.05. The Hall–Kier alpha value is -3.62. The molecule has 2 heterocycles. The summed E-state index contributed by atoms with van der Waals surface area (Å²) in [6, 6.07) is 12.2. The standard InChI is InChI=1S/C21H21F2N7/c22-16-8-10-17(11-9-16)25-19-26-20(28-21(27-19)30-12-4-1-5-13-30)29-24-14-15-6-2-3-7-18(15)23/h2-3,6-11,14H,1,4-5,12-13H2,(H2,25,26,27,28,29)/b24-14+. The van der Waals surface area contributed by atoms with Gasteiger partial charge in [0.15, 0.2) is 0 Å². The minimum Gasteiger partial charge on any atom is -0.341 e. The number of hydrazone groups is 1. The number of aromatic nitrogens is 3.